The molecular weight excluding hydrogens is 364 g/mol. The van der Waals surface area contributed by atoms with Crippen LogP contribution in [0, 0.1) is 19.8 Å². The maximum atomic E-state index is 12.7. The number of H-pyrrole nitrogens is 1. The Morgan fingerprint density at radius 1 is 1.14 bits per heavy atom. The Morgan fingerprint density at radius 3 is 2.48 bits per heavy atom. The van der Waals surface area contributed by atoms with Crippen molar-refractivity contribution >= 4 is 11.9 Å². The first kappa shape index (κ1) is 21.2. The molecule has 2 heterocycles. The second kappa shape index (κ2) is 9.77. The quantitative estimate of drug-likeness (QED) is 0.713. The Labute approximate surface area is 173 Å². The third-order valence-corrected chi connectivity index (χ3v) is 6.00. The number of nitrogens with zero attached hydrogens (tertiary/aromatic N) is 1. The minimum absolute atomic E-state index is 0.209. The number of piperidine rings is 1. The number of aromatic nitrogens is 1. The predicted octanol–water partition coefficient (Wildman–Crippen LogP) is 4.22. The number of hydrogen-bond acceptors (Lipinski definition) is 3. The second-order valence-corrected chi connectivity index (χ2v) is 7.96. The Balaban J connectivity index is 1.50. The highest BCUT2D eigenvalue weighted by molar-refractivity contribution is 5.90. The lowest BCUT2D eigenvalue weighted by atomic mass is 9.90. The van der Waals surface area contributed by atoms with Gasteiger partial charge in [-0.1, -0.05) is 30.3 Å². The molecule has 0 radical (unpaired) electrons. The van der Waals surface area contributed by atoms with Gasteiger partial charge in [-0.25, -0.2) is 4.79 Å². The van der Waals surface area contributed by atoms with Crippen molar-refractivity contribution in [1.29, 1.82) is 0 Å². The first-order valence-electron chi connectivity index (χ1n) is 10.7. The van der Waals surface area contributed by atoms with Gasteiger partial charge in [0.05, 0.1) is 6.61 Å². The minimum Gasteiger partial charge on any atom is -0.461 e. The molecule has 1 aliphatic heterocycles. The summed E-state index contributed by atoms with van der Waals surface area (Å²) in [6.07, 6.45) is 4.36. The molecule has 29 heavy (non-hydrogen) atoms. The number of ether oxygens (including phenoxy) is 1. The molecule has 0 unspecified atom stereocenters. The van der Waals surface area contributed by atoms with Crippen molar-refractivity contribution in [2.24, 2.45) is 5.92 Å². The van der Waals surface area contributed by atoms with Gasteiger partial charge in [0.25, 0.3) is 0 Å². The molecule has 0 spiro atoms. The molecule has 1 fully saturated rings. The highest BCUT2D eigenvalue weighted by Gasteiger charge is 2.24. The Bertz CT molecular complexity index is 833. The molecule has 1 amide bonds. The van der Waals surface area contributed by atoms with Crippen LogP contribution in [0.15, 0.2) is 30.3 Å². The molecule has 5 nitrogen and oxygen atoms in total. The number of rotatable bonds is 7. The van der Waals surface area contributed by atoms with Crippen LogP contribution < -0.4 is 0 Å². The Hall–Kier alpha value is -2.56. The van der Waals surface area contributed by atoms with Crippen LogP contribution in [0.1, 0.15) is 59.1 Å². The fourth-order valence-corrected chi connectivity index (χ4v) is 4.30. The molecule has 1 aromatic heterocycles. The Morgan fingerprint density at radius 2 is 1.83 bits per heavy atom. The van der Waals surface area contributed by atoms with E-state index in [1.807, 2.05) is 24.8 Å². The molecule has 0 saturated carbocycles. The minimum atomic E-state index is -0.328. The number of aryl methyl sites for hydroxylation is 1. The topological polar surface area (TPSA) is 62.4 Å². The Kier molecular flexibility index (Phi) is 7.13. The summed E-state index contributed by atoms with van der Waals surface area (Å²) in [7, 11) is 0. The molecule has 0 aliphatic carbocycles. The van der Waals surface area contributed by atoms with Crippen LogP contribution >= 0.6 is 0 Å². The second-order valence-electron chi connectivity index (χ2n) is 7.96. The number of carbonyl (C=O) groups excluding carboxylic acids is 2. The summed E-state index contributed by atoms with van der Waals surface area (Å²) in [5.41, 5.74) is 4.79. The molecule has 0 atom stereocenters. The van der Waals surface area contributed by atoms with Crippen LogP contribution in [0.2, 0.25) is 0 Å². The van der Waals surface area contributed by atoms with E-state index in [9.17, 15) is 9.59 Å². The van der Waals surface area contributed by atoms with Crippen LogP contribution in [-0.4, -0.2) is 41.5 Å². The van der Waals surface area contributed by atoms with Crippen LogP contribution in [-0.2, 0) is 22.4 Å². The van der Waals surface area contributed by atoms with Crippen molar-refractivity contribution in [3.63, 3.8) is 0 Å². The number of nitrogens with one attached hydrogen (secondary N) is 1. The van der Waals surface area contributed by atoms with E-state index in [0.717, 1.165) is 49.2 Å². The summed E-state index contributed by atoms with van der Waals surface area (Å²) in [5, 5.41) is 0. The number of benzene rings is 1. The standard InChI is InChI=1S/C24H32N2O3/c1-4-29-24(28)23-17(2)21(18(3)25-23)10-11-22(27)26-14-12-20(13-15-26)16-19-8-6-5-7-9-19/h5-9,20,25H,4,10-16H2,1-3H3. The zero-order valence-electron chi connectivity index (χ0n) is 17.8. The van der Waals surface area contributed by atoms with E-state index in [1.54, 1.807) is 6.92 Å². The smallest absolute Gasteiger partial charge is 0.355 e. The summed E-state index contributed by atoms with van der Waals surface area (Å²) in [6, 6.07) is 10.6. The summed E-state index contributed by atoms with van der Waals surface area (Å²) in [5.74, 6) is 0.537. The van der Waals surface area contributed by atoms with Gasteiger partial charge in [-0.2, -0.15) is 0 Å². The summed E-state index contributed by atoms with van der Waals surface area (Å²) < 4.78 is 5.11. The van der Waals surface area contributed by atoms with Crippen LogP contribution in [0.25, 0.3) is 0 Å². The van der Waals surface area contributed by atoms with Crippen molar-refractivity contribution in [2.45, 2.75) is 52.9 Å². The van der Waals surface area contributed by atoms with Gasteiger partial charge in [0.2, 0.25) is 5.91 Å². The summed E-state index contributed by atoms with van der Waals surface area (Å²) in [4.78, 5) is 29.9. The molecule has 5 heteroatoms. The highest BCUT2D eigenvalue weighted by atomic mass is 16.5. The summed E-state index contributed by atoms with van der Waals surface area (Å²) in [6.45, 7) is 7.70. The van der Waals surface area contributed by atoms with E-state index in [1.165, 1.54) is 5.56 Å². The lowest BCUT2D eigenvalue weighted by Crippen LogP contribution is -2.39. The van der Waals surface area contributed by atoms with Crippen molar-refractivity contribution < 1.29 is 14.3 Å². The van der Waals surface area contributed by atoms with Crippen molar-refractivity contribution in [3.05, 3.63) is 58.4 Å². The molecule has 2 aromatic rings. The maximum Gasteiger partial charge on any atom is 0.355 e. The van der Waals surface area contributed by atoms with E-state index in [4.69, 9.17) is 4.74 Å². The first-order chi connectivity index (χ1) is 14.0. The number of esters is 1. The van der Waals surface area contributed by atoms with Crippen LogP contribution in [0.5, 0.6) is 0 Å². The molecule has 156 valence electrons. The predicted molar refractivity (Wildman–Crippen MR) is 114 cm³/mol. The summed E-state index contributed by atoms with van der Waals surface area (Å²) >= 11 is 0. The van der Waals surface area contributed by atoms with E-state index < -0.39 is 0 Å². The van der Waals surface area contributed by atoms with E-state index in [2.05, 4.69) is 29.2 Å². The fraction of sp³-hybridized carbons (Fsp3) is 0.500. The third kappa shape index (κ3) is 5.28. The molecule has 1 N–H and O–H groups in total. The van der Waals surface area contributed by atoms with E-state index in [-0.39, 0.29) is 11.9 Å². The van der Waals surface area contributed by atoms with Gasteiger partial charge in [-0.05, 0) is 69.1 Å². The molecule has 0 bridgehead atoms. The zero-order chi connectivity index (χ0) is 20.8. The third-order valence-electron chi connectivity index (χ3n) is 6.00. The largest absolute Gasteiger partial charge is 0.461 e. The lowest BCUT2D eigenvalue weighted by molar-refractivity contribution is -0.132. The van der Waals surface area contributed by atoms with E-state index >= 15 is 0 Å². The van der Waals surface area contributed by atoms with Crippen LogP contribution in [0.4, 0.5) is 0 Å². The first-order valence-corrected chi connectivity index (χ1v) is 10.7. The van der Waals surface area contributed by atoms with E-state index in [0.29, 0.717) is 31.1 Å². The van der Waals surface area contributed by atoms with Gasteiger partial charge >= 0.3 is 5.97 Å². The highest BCUT2D eigenvalue weighted by Crippen LogP contribution is 2.24. The normalized spacial score (nSPS) is 14.8. The monoisotopic (exact) mass is 396 g/mol. The number of carbonyl (C=O) groups is 2. The van der Waals surface area contributed by atoms with Gasteiger partial charge in [-0.15, -0.1) is 0 Å². The average Bonchev–Trinajstić information content (AvgIpc) is 3.01. The van der Waals surface area contributed by atoms with Gasteiger partial charge < -0.3 is 14.6 Å². The van der Waals surface area contributed by atoms with Gasteiger partial charge in [0, 0.05) is 25.2 Å². The number of likely N-dealkylation sites (tertiary alicyclic amines) is 1. The molecule has 1 saturated heterocycles. The lowest BCUT2D eigenvalue weighted by Gasteiger charge is -2.32. The van der Waals surface area contributed by atoms with Gasteiger partial charge in [-0.3, -0.25) is 4.79 Å². The molecule has 3 rings (SSSR count). The van der Waals surface area contributed by atoms with Crippen LogP contribution in [0.3, 0.4) is 0 Å². The van der Waals surface area contributed by atoms with Crippen molar-refractivity contribution in [3.8, 4) is 0 Å². The fourth-order valence-electron chi connectivity index (χ4n) is 4.30. The maximum absolute atomic E-state index is 12.7. The number of aromatic amines is 1. The molecular formula is C24H32N2O3. The number of amides is 1. The van der Waals surface area contributed by atoms with Gasteiger partial charge in [0.1, 0.15) is 5.69 Å². The SMILES string of the molecule is CCOC(=O)c1[nH]c(C)c(CCC(=O)N2CCC(Cc3ccccc3)CC2)c1C. The molecule has 1 aliphatic rings. The van der Waals surface area contributed by atoms with Gasteiger partial charge in [0.15, 0.2) is 0 Å². The number of hydrogen-bond donors (Lipinski definition) is 1. The average molecular weight is 397 g/mol. The molecule has 1 aromatic carbocycles. The zero-order valence-corrected chi connectivity index (χ0v) is 17.8. The van der Waals surface area contributed by atoms with Crippen molar-refractivity contribution in [1.82, 2.24) is 9.88 Å². The van der Waals surface area contributed by atoms with Crippen molar-refractivity contribution in [2.75, 3.05) is 19.7 Å².